The lowest BCUT2D eigenvalue weighted by Gasteiger charge is -2.11. The monoisotopic (exact) mass is 257 g/mol. The summed E-state index contributed by atoms with van der Waals surface area (Å²) in [5, 5.41) is 16.9. The van der Waals surface area contributed by atoms with Crippen molar-refractivity contribution in [2.24, 2.45) is 0 Å². The molecule has 1 aromatic heterocycles. The van der Waals surface area contributed by atoms with Crippen LogP contribution in [0.2, 0.25) is 0 Å². The molecule has 1 rings (SSSR count). The quantitative estimate of drug-likeness (QED) is 0.726. The Labute approximate surface area is 106 Å². The van der Waals surface area contributed by atoms with Gasteiger partial charge in [-0.3, -0.25) is 4.79 Å². The minimum Gasteiger partial charge on any atom is -0.466 e. The van der Waals surface area contributed by atoms with Crippen molar-refractivity contribution in [2.75, 3.05) is 13.2 Å². The number of hydrogen-bond donors (Lipinski definition) is 2. The lowest BCUT2D eigenvalue weighted by atomic mass is 10.2. The molecule has 0 aliphatic rings. The van der Waals surface area contributed by atoms with Crippen LogP contribution in [0.1, 0.15) is 24.5 Å². The van der Waals surface area contributed by atoms with Crippen LogP contribution in [-0.2, 0) is 16.1 Å². The van der Waals surface area contributed by atoms with Crippen LogP contribution in [0, 0.1) is 6.92 Å². The first-order valence-electron chi connectivity index (χ1n) is 5.69. The molecule has 0 bridgehead atoms. The van der Waals surface area contributed by atoms with Crippen LogP contribution in [0.4, 0.5) is 0 Å². The molecule has 2 N–H and O–H groups in total. The Bertz CT molecular complexity index is 351. The zero-order valence-electron chi connectivity index (χ0n) is 10.2. The predicted octanol–water partition coefficient (Wildman–Crippen LogP) is 1.46. The van der Waals surface area contributed by atoms with Crippen molar-refractivity contribution in [1.29, 1.82) is 0 Å². The molecule has 0 aliphatic carbocycles. The third-order valence-corrected chi connectivity index (χ3v) is 3.27. The van der Waals surface area contributed by atoms with E-state index < -0.39 is 6.10 Å². The fourth-order valence-electron chi connectivity index (χ4n) is 1.43. The molecule has 0 aromatic carbocycles. The number of nitrogens with one attached hydrogen (secondary N) is 1. The second kappa shape index (κ2) is 7.42. The van der Waals surface area contributed by atoms with E-state index in [2.05, 4.69) is 23.0 Å². The summed E-state index contributed by atoms with van der Waals surface area (Å²) in [6, 6.07) is 0. The Morgan fingerprint density at radius 2 is 2.35 bits per heavy atom. The van der Waals surface area contributed by atoms with Crippen molar-refractivity contribution in [1.82, 2.24) is 5.32 Å². The fraction of sp³-hybridized carbons (Fsp3) is 0.583. The largest absolute Gasteiger partial charge is 0.466 e. The number of aliphatic hydroxyl groups is 1. The zero-order valence-corrected chi connectivity index (χ0v) is 11.0. The summed E-state index contributed by atoms with van der Waals surface area (Å²) in [6.45, 7) is 5.28. The van der Waals surface area contributed by atoms with Gasteiger partial charge in [-0.1, -0.05) is 0 Å². The highest BCUT2D eigenvalue weighted by Crippen LogP contribution is 2.12. The summed E-state index contributed by atoms with van der Waals surface area (Å²) in [5.41, 5.74) is 2.49. The van der Waals surface area contributed by atoms with Gasteiger partial charge in [0.2, 0.25) is 0 Å². The van der Waals surface area contributed by atoms with Gasteiger partial charge in [0.1, 0.15) is 0 Å². The van der Waals surface area contributed by atoms with Crippen molar-refractivity contribution >= 4 is 17.3 Å². The molecule has 0 radical (unpaired) electrons. The lowest BCUT2D eigenvalue weighted by molar-refractivity contribution is -0.145. The van der Waals surface area contributed by atoms with E-state index in [4.69, 9.17) is 4.74 Å². The summed E-state index contributed by atoms with van der Waals surface area (Å²) in [4.78, 5) is 11.1. The highest BCUT2D eigenvalue weighted by Gasteiger charge is 2.11. The van der Waals surface area contributed by atoms with Crippen molar-refractivity contribution < 1.29 is 14.6 Å². The molecule has 0 saturated heterocycles. The predicted molar refractivity (Wildman–Crippen MR) is 68.0 cm³/mol. The SMILES string of the molecule is CCOC(=O)CC(O)CNCc1cscc1C. The van der Waals surface area contributed by atoms with E-state index in [9.17, 15) is 9.90 Å². The third kappa shape index (κ3) is 5.30. The molecular formula is C12H19NO3S. The van der Waals surface area contributed by atoms with Crippen molar-refractivity contribution in [2.45, 2.75) is 32.9 Å². The van der Waals surface area contributed by atoms with Crippen molar-refractivity contribution in [3.8, 4) is 0 Å². The maximum atomic E-state index is 11.1. The van der Waals surface area contributed by atoms with Crippen LogP contribution in [0.3, 0.4) is 0 Å². The fourth-order valence-corrected chi connectivity index (χ4v) is 2.28. The van der Waals surface area contributed by atoms with Crippen LogP contribution in [0.15, 0.2) is 10.8 Å². The lowest BCUT2D eigenvalue weighted by Crippen LogP contribution is -2.29. The topological polar surface area (TPSA) is 58.6 Å². The average molecular weight is 257 g/mol. The standard InChI is InChI=1S/C12H19NO3S/c1-3-16-12(15)4-11(14)6-13-5-10-8-17-7-9(10)2/h7-8,11,13-14H,3-6H2,1-2H3. The highest BCUT2D eigenvalue weighted by atomic mass is 32.1. The minimum atomic E-state index is -0.687. The molecule has 4 nitrogen and oxygen atoms in total. The number of hydrogen-bond acceptors (Lipinski definition) is 5. The van der Waals surface area contributed by atoms with E-state index in [1.807, 2.05) is 0 Å². The second-order valence-corrected chi connectivity index (χ2v) is 4.62. The van der Waals surface area contributed by atoms with Gasteiger partial charge in [-0.2, -0.15) is 11.3 Å². The van der Waals surface area contributed by atoms with Gasteiger partial charge in [-0.05, 0) is 35.7 Å². The van der Waals surface area contributed by atoms with E-state index in [0.29, 0.717) is 13.2 Å². The van der Waals surface area contributed by atoms with Gasteiger partial charge in [-0.25, -0.2) is 0 Å². The molecule has 0 spiro atoms. The third-order valence-electron chi connectivity index (χ3n) is 2.36. The molecule has 1 heterocycles. The van der Waals surface area contributed by atoms with E-state index >= 15 is 0 Å². The second-order valence-electron chi connectivity index (χ2n) is 3.87. The van der Waals surface area contributed by atoms with E-state index in [1.54, 1.807) is 18.3 Å². The maximum absolute atomic E-state index is 11.1. The molecular weight excluding hydrogens is 238 g/mol. The van der Waals surface area contributed by atoms with E-state index in [0.717, 1.165) is 6.54 Å². The Hall–Kier alpha value is -0.910. The van der Waals surface area contributed by atoms with Gasteiger partial charge >= 0.3 is 5.97 Å². The van der Waals surface area contributed by atoms with Gasteiger partial charge < -0.3 is 15.2 Å². The minimum absolute atomic E-state index is 0.0451. The van der Waals surface area contributed by atoms with Crippen molar-refractivity contribution in [3.05, 3.63) is 21.9 Å². The van der Waals surface area contributed by atoms with Gasteiger partial charge in [0.05, 0.1) is 19.1 Å². The van der Waals surface area contributed by atoms with Gasteiger partial charge in [0, 0.05) is 13.1 Å². The van der Waals surface area contributed by atoms with Crippen LogP contribution in [0.25, 0.3) is 0 Å². The smallest absolute Gasteiger partial charge is 0.308 e. The summed E-state index contributed by atoms with van der Waals surface area (Å²) >= 11 is 1.67. The van der Waals surface area contributed by atoms with E-state index in [-0.39, 0.29) is 12.4 Å². The Morgan fingerprint density at radius 3 is 2.94 bits per heavy atom. The summed E-state index contributed by atoms with van der Waals surface area (Å²) in [7, 11) is 0. The summed E-state index contributed by atoms with van der Waals surface area (Å²) in [5.74, 6) is -0.353. The Kier molecular flexibility index (Phi) is 6.18. The number of thiophene rings is 1. The number of ether oxygens (including phenoxy) is 1. The molecule has 1 aromatic rings. The van der Waals surface area contributed by atoms with Crippen LogP contribution >= 0.6 is 11.3 Å². The van der Waals surface area contributed by atoms with Crippen LogP contribution in [0.5, 0.6) is 0 Å². The number of esters is 1. The molecule has 5 heteroatoms. The number of aryl methyl sites for hydroxylation is 1. The van der Waals surface area contributed by atoms with Crippen LogP contribution < -0.4 is 5.32 Å². The first-order valence-corrected chi connectivity index (χ1v) is 6.63. The Balaban J connectivity index is 2.18. The highest BCUT2D eigenvalue weighted by molar-refractivity contribution is 7.08. The van der Waals surface area contributed by atoms with E-state index in [1.165, 1.54) is 11.1 Å². The molecule has 0 saturated carbocycles. The van der Waals surface area contributed by atoms with Crippen molar-refractivity contribution in [3.63, 3.8) is 0 Å². The molecule has 0 fully saturated rings. The maximum Gasteiger partial charge on any atom is 0.308 e. The number of aliphatic hydroxyl groups excluding tert-OH is 1. The number of carbonyl (C=O) groups excluding carboxylic acids is 1. The first-order chi connectivity index (χ1) is 8.13. The van der Waals surface area contributed by atoms with Gasteiger partial charge in [0.25, 0.3) is 0 Å². The molecule has 1 unspecified atom stereocenters. The van der Waals surface area contributed by atoms with Gasteiger partial charge in [-0.15, -0.1) is 0 Å². The molecule has 1 atom stereocenters. The summed E-state index contributed by atoms with van der Waals surface area (Å²) in [6.07, 6.45) is -0.642. The molecule has 96 valence electrons. The zero-order chi connectivity index (χ0) is 12.7. The number of rotatable bonds is 7. The Morgan fingerprint density at radius 1 is 1.59 bits per heavy atom. The normalized spacial score (nSPS) is 12.4. The van der Waals surface area contributed by atoms with Crippen LogP contribution in [-0.4, -0.2) is 30.3 Å². The average Bonchev–Trinajstić information content (AvgIpc) is 2.64. The molecule has 17 heavy (non-hydrogen) atoms. The number of carbonyl (C=O) groups is 1. The first kappa shape index (κ1) is 14.2. The van der Waals surface area contributed by atoms with Gasteiger partial charge in [0.15, 0.2) is 0 Å². The molecule has 0 aliphatic heterocycles. The summed E-state index contributed by atoms with van der Waals surface area (Å²) < 4.78 is 4.76. The molecule has 0 amide bonds.